The van der Waals surface area contributed by atoms with Crippen molar-refractivity contribution in [2.75, 3.05) is 6.61 Å². The summed E-state index contributed by atoms with van der Waals surface area (Å²) in [6, 6.07) is -0.632. The molecule has 0 aromatic carbocycles. The van der Waals surface area contributed by atoms with Crippen molar-refractivity contribution in [1.82, 2.24) is 5.32 Å². The first-order chi connectivity index (χ1) is 25.7. The predicted octanol–water partition coefficient (Wildman–Crippen LogP) is 14.8. The minimum absolute atomic E-state index is 0.0743. The van der Waals surface area contributed by atoms with Gasteiger partial charge in [-0.1, -0.05) is 250 Å². The Morgan fingerprint density at radius 3 is 1.08 bits per heavy atom. The van der Waals surface area contributed by atoms with E-state index < -0.39 is 12.1 Å². The molecule has 0 aromatic rings. The lowest BCUT2D eigenvalue weighted by Crippen LogP contribution is -2.45. The molecule has 52 heavy (non-hydrogen) atoms. The summed E-state index contributed by atoms with van der Waals surface area (Å²) in [5.74, 6) is -0.0743. The zero-order chi connectivity index (χ0) is 37.8. The van der Waals surface area contributed by atoms with Crippen LogP contribution in [0, 0.1) is 0 Å². The standard InChI is InChI=1S/C48H93NO3/c1-3-5-7-9-11-12-13-14-15-16-17-18-19-20-21-22-23-24-25-26-27-28-29-30-31-32-33-34-35-36-38-40-42-44-48(52)49-46(45-50)47(51)43-41-39-37-10-8-6-4-2/h8,10,41,43,46-47,50-51H,3-7,9,11-40,42,44-45H2,1-2H3,(H,49,52)/b10-8+,43-41+. The fourth-order valence-corrected chi connectivity index (χ4v) is 7.32. The Labute approximate surface area is 326 Å². The van der Waals surface area contributed by atoms with E-state index in [1.165, 1.54) is 199 Å². The predicted molar refractivity (Wildman–Crippen MR) is 230 cm³/mol. The van der Waals surface area contributed by atoms with Crippen molar-refractivity contribution in [3.63, 3.8) is 0 Å². The van der Waals surface area contributed by atoms with Gasteiger partial charge in [-0.05, 0) is 25.7 Å². The highest BCUT2D eigenvalue weighted by molar-refractivity contribution is 5.76. The Hall–Kier alpha value is -1.13. The Morgan fingerprint density at radius 2 is 0.750 bits per heavy atom. The third kappa shape index (κ3) is 40.1. The maximum absolute atomic E-state index is 12.3. The van der Waals surface area contributed by atoms with E-state index in [1.807, 2.05) is 6.08 Å². The average molecular weight is 732 g/mol. The van der Waals surface area contributed by atoms with Crippen LogP contribution in [-0.4, -0.2) is 34.9 Å². The van der Waals surface area contributed by atoms with Crippen LogP contribution in [0.5, 0.6) is 0 Å². The maximum atomic E-state index is 12.3. The number of hydrogen-bond donors (Lipinski definition) is 3. The third-order valence-corrected chi connectivity index (χ3v) is 10.9. The topological polar surface area (TPSA) is 69.6 Å². The van der Waals surface area contributed by atoms with E-state index in [9.17, 15) is 15.0 Å². The number of aliphatic hydroxyl groups is 2. The Bertz CT molecular complexity index is 750. The molecule has 0 fully saturated rings. The molecule has 2 unspecified atom stereocenters. The lowest BCUT2D eigenvalue weighted by Gasteiger charge is -2.19. The van der Waals surface area contributed by atoms with Crippen molar-refractivity contribution >= 4 is 5.91 Å². The van der Waals surface area contributed by atoms with Crippen molar-refractivity contribution in [3.8, 4) is 0 Å². The zero-order valence-electron chi connectivity index (χ0n) is 35.3. The molecule has 0 aliphatic carbocycles. The highest BCUT2D eigenvalue weighted by Gasteiger charge is 2.17. The lowest BCUT2D eigenvalue weighted by molar-refractivity contribution is -0.123. The molecule has 0 aliphatic rings. The van der Waals surface area contributed by atoms with Crippen molar-refractivity contribution < 1.29 is 15.0 Å². The lowest BCUT2D eigenvalue weighted by atomic mass is 10.0. The monoisotopic (exact) mass is 732 g/mol. The number of rotatable bonds is 43. The first kappa shape index (κ1) is 50.9. The first-order valence-electron chi connectivity index (χ1n) is 23.6. The number of hydrogen-bond acceptors (Lipinski definition) is 3. The molecule has 0 bridgehead atoms. The van der Waals surface area contributed by atoms with Crippen LogP contribution in [0.3, 0.4) is 0 Å². The van der Waals surface area contributed by atoms with Crippen molar-refractivity contribution in [2.24, 2.45) is 0 Å². The van der Waals surface area contributed by atoms with Crippen LogP contribution in [0.25, 0.3) is 0 Å². The van der Waals surface area contributed by atoms with Gasteiger partial charge in [0.05, 0.1) is 18.8 Å². The second-order valence-corrected chi connectivity index (χ2v) is 16.2. The summed E-state index contributed by atoms with van der Waals surface area (Å²) >= 11 is 0. The van der Waals surface area contributed by atoms with Gasteiger partial charge < -0.3 is 15.5 Å². The molecule has 0 saturated heterocycles. The van der Waals surface area contributed by atoms with Gasteiger partial charge in [0.25, 0.3) is 0 Å². The minimum Gasteiger partial charge on any atom is -0.394 e. The maximum Gasteiger partial charge on any atom is 0.220 e. The molecule has 3 N–H and O–H groups in total. The fraction of sp³-hybridized carbons (Fsp3) is 0.896. The summed E-state index contributed by atoms with van der Waals surface area (Å²) in [5.41, 5.74) is 0. The molecular weight excluding hydrogens is 639 g/mol. The SMILES string of the molecule is CCC/C=C/CC/C=C/C(O)C(CO)NC(=O)CCCCCCCCCCCCCCCCCCCCCCCCCCCCCCCCCCC. The zero-order valence-corrected chi connectivity index (χ0v) is 35.3. The van der Waals surface area contributed by atoms with Gasteiger partial charge in [-0.3, -0.25) is 4.79 Å². The molecule has 2 atom stereocenters. The molecule has 0 radical (unpaired) electrons. The van der Waals surface area contributed by atoms with Crippen LogP contribution in [0.4, 0.5) is 0 Å². The summed E-state index contributed by atoms with van der Waals surface area (Å²) in [6.07, 6.45) is 57.8. The van der Waals surface area contributed by atoms with Crippen LogP contribution in [0.2, 0.25) is 0 Å². The van der Waals surface area contributed by atoms with Gasteiger partial charge in [-0.15, -0.1) is 0 Å². The molecule has 0 aromatic heterocycles. The number of nitrogens with one attached hydrogen (secondary N) is 1. The van der Waals surface area contributed by atoms with E-state index in [0.717, 1.165) is 38.5 Å². The second kappa shape index (κ2) is 44.3. The molecule has 0 heterocycles. The fourth-order valence-electron chi connectivity index (χ4n) is 7.32. The van der Waals surface area contributed by atoms with E-state index in [1.54, 1.807) is 6.08 Å². The molecule has 0 spiro atoms. The summed E-state index contributed by atoms with van der Waals surface area (Å²) in [7, 11) is 0. The van der Waals surface area contributed by atoms with Gasteiger partial charge in [0.1, 0.15) is 0 Å². The quantitative estimate of drug-likeness (QED) is 0.0432. The normalized spacial score (nSPS) is 13.1. The number of carbonyl (C=O) groups excluding carboxylic acids is 1. The molecule has 4 nitrogen and oxygen atoms in total. The van der Waals surface area contributed by atoms with Crippen LogP contribution < -0.4 is 5.32 Å². The van der Waals surface area contributed by atoms with E-state index in [4.69, 9.17) is 0 Å². The van der Waals surface area contributed by atoms with Crippen LogP contribution in [-0.2, 0) is 4.79 Å². The molecule has 0 aliphatic heterocycles. The second-order valence-electron chi connectivity index (χ2n) is 16.2. The molecule has 0 rings (SSSR count). The average Bonchev–Trinajstić information content (AvgIpc) is 3.15. The van der Waals surface area contributed by atoms with E-state index >= 15 is 0 Å². The third-order valence-electron chi connectivity index (χ3n) is 10.9. The van der Waals surface area contributed by atoms with Gasteiger partial charge in [0.15, 0.2) is 0 Å². The highest BCUT2D eigenvalue weighted by Crippen LogP contribution is 2.17. The summed E-state index contributed by atoms with van der Waals surface area (Å²) in [4.78, 5) is 12.3. The molecule has 1 amide bonds. The molecule has 308 valence electrons. The Morgan fingerprint density at radius 1 is 0.442 bits per heavy atom. The van der Waals surface area contributed by atoms with Gasteiger partial charge in [0.2, 0.25) is 5.91 Å². The van der Waals surface area contributed by atoms with Gasteiger partial charge >= 0.3 is 0 Å². The van der Waals surface area contributed by atoms with Crippen molar-refractivity contribution in [1.29, 1.82) is 0 Å². The van der Waals surface area contributed by atoms with Crippen LogP contribution in [0.15, 0.2) is 24.3 Å². The molecule has 0 saturated carbocycles. The number of aliphatic hydroxyl groups excluding tert-OH is 2. The number of allylic oxidation sites excluding steroid dienone is 3. The smallest absolute Gasteiger partial charge is 0.220 e. The summed E-state index contributed by atoms with van der Waals surface area (Å²) in [5, 5.41) is 22.7. The highest BCUT2D eigenvalue weighted by atomic mass is 16.3. The summed E-state index contributed by atoms with van der Waals surface area (Å²) in [6.45, 7) is 4.21. The summed E-state index contributed by atoms with van der Waals surface area (Å²) < 4.78 is 0. The number of amides is 1. The van der Waals surface area contributed by atoms with Crippen molar-refractivity contribution in [2.45, 2.75) is 270 Å². The molecule has 4 heteroatoms. The van der Waals surface area contributed by atoms with Crippen molar-refractivity contribution in [3.05, 3.63) is 24.3 Å². The number of carbonyl (C=O) groups is 1. The van der Waals surface area contributed by atoms with E-state index in [-0.39, 0.29) is 12.5 Å². The molecular formula is C48H93NO3. The number of unbranched alkanes of at least 4 members (excludes halogenated alkanes) is 34. The largest absolute Gasteiger partial charge is 0.394 e. The van der Waals surface area contributed by atoms with Crippen LogP contribution >= 0.6 is 0 Å². The van der Waals surface area contributed by atoms with Crippen LogP contribution in [0.1, 0.15) is 258 Å². The minimum atomic E-state index is -0.855. The van der Waals surface area contributed by atoms with Gasteiger partial charge in [-0.2, -0.15) is 0 Å². The van der Waals surface area contributed by atoms with Gasteiger partial charge in [0, 0.05) is 6.42 Å². The first-order valence-corrected chi connectivity index (χ1v) is 23.6. The Kier molecular flexibility index (Phi) is 43.3. The Balaban J connectivity index is 3.32. The van der Waals surface area contributed by atoms with E-state index in [2.05, 4.69) is 31.3 Å². The van der Waals surface area contributed by atoms with Gasteiger partial charge in [-0.25, -0.2) is 0 Å². The van der Waals surface area contributed by atoms with E-state index in [0.29, 0.717) is 6.42 Å².